The lowest BCUT2D eigenvalue weighted by molar-refractivity contribution is 0.163. The predicted octanol–water partition coefficient (Wildman–Crippen LogP) is 7.05. The van der Waals surface area contributed by atoms with Crippen molar-refractivity contribution in [2.45, 2.75) is 51.3 Å². The average Bonchev–Trinajstić information content (AvgIpc) is 2.99. The molecule has 1 fully saturated rings. The minimum absolute atomic E-state index is 0.0844. The van der Waals surface area contributed by atoms with E-state index in [2.05, 4.69) is 48.5 Å². The standard InChI is InChI=1S/C34H38N3O2P/c1-26-21-27(23-36-33-20-12-11-19-32(33)35)34(38)28(22-26)24-39-25-40(30-15-7-3-8-16-30,31-17-9-4-10-18-31)37-29-13-5-2-6-14-29/h2-10,13-18,21-23,32-33,38H,11-12,19-20,24-25,35H2,1H3. The number of aliphatic imine (C=N–C) groups is 1. The molecule has 1 saturated carbocycles. The second-order valence-electron chi connectivity index (χ2n) is 10.5. The van der Waals surface area contributed by atoms with Gasteiger partial charge in [-0.3, -0.25) is 9.74 Å². The van der Waals surface area contributed by atoms with Gasteiger partial charge in [-0.2, -0.15) is 0 Å². The molecule has 0 saturated heterocycles. The Hall–Kier alpha value is -3.50. The Morgan fingerprint density at radius 2 is 1.48 bits per heavy atom. The van der Waals surface area contributed by atoms with E-state index in [1.54, 1.807) is 6.21 Å². The van der Waals surface area contributed by atoms with Crippen molar-refractivity contribution in [3.8, 4) is 5.75 Å². The highest BCUT2D eigenvalue weighted by molar-refractivity contribution is 7.80. The van der Waals surface area contributed by atoms with Crippen LogP contribution in [0.5, 0.6) is 5.75 Å². The number of phenolic OH excluding ortho intramolecular Hbond substituents is 1. The summed E-state index contributed by atoms with van der Waals surface area (Å²) in [5.74, 6) is 0.210. The molecule has 1 aliphatic carbocycles. The molecule has 0 aliphatic heterocycles. The largest absolute Gasteiger partial charge is 0.507 e. The van der Waals surface area contributed by atoms with Crippen LogP contribution in [0.1, 0.15) is 42.4 Å². The Morgan fingerprint density at radius 3 is 2.10 bits per heavy atom. The van der Waals surface area contributed by atoms with Crippen molar-refractivity contribution in [1.29, 1.82) is 0 Å². The fourth-order valence-electron chi connectivity index (χ4n) is 5.36. The Morgan fingerprint density at radius 1 is 0.875 bits per heavy atom. The molecule has 0 heterocycles. The summed E-state index contributed by atoms with van der Waals surface area (Å²) in [5.41, 5.74) is 9.72. The third-order valence-electron chi connectivity index (χ3n) is 7.49. The number of phenols is 1. The topological polar surface area (TPSA) is 80.2 Å². The molecular weight excluding hydrogens is 513 g/mol. The summed E-state index contributed by atoms with van der Waals surface area (Å²) in [6.07, 6.45) is 6.51. The van der Waals surface area contributed by atoms with Crippen molar-refractivity contribution in [1.82, 2.24) is 0 Å². The third-order valence-corrected chi connectivity index (χ3v) is 10.9. The summed E-state index contributed by atoms with van der Waals surface area (Å²) >= 11 is 0. The van der Waals surface area contributed by atoms with Crippen molar-refractivity contribution >= 4 is 29.6 Å². The van der Waals surface area contributed by atoms with E-state index in [0.717, 1.165) is 53.1 Å². The van der Waals surface area contributed by atoms with Gasteiger partial charge in [0.25, 0.3) is 0 Å². The predicted molar refractivity (Wildman–Crippen MR) is 168 cm³/mol. The van der Waals surface area contributed by atoms with Crippen LogP contribution in [0.3, 0.4) is 0 Å². The Bertz CT molecular complexity index is 1430. The van der Waals surface area contributed by atoms with Gasteiger partial charge >= 0.3 is 0 Å². The van der Waals surface area contributed by atoms with Gasteiger partial charge in [-0.1, -0.05) is 97.8 Å². The van der Waals surface area contributed by atoms with E-state index in [9.17, 15) is 5.11 Å². The highest BCUT2D eigenvalue weighted by Crippen LogP contribution is 2.50. The quantitative estimate of drug-likeness (QED) is 0.173. The molecule has 4 aromatic rings. The molecule has 3 N–H and O–H groups in total. The lowest BCUT2D eigenvalue weighted by Crippen LogP contribution is -2.36. The van der Waals surface area contributed by atoms with Gasteiger partial charge in [0.2, 0.25) is 0 Å². The first-order valence-corrected chi connectivity index (χ1v) is 15.9. The average molecular weight is 552 g/mol. The van der Waals surface area contributed by atoms with Crippen LogP contribution in [0.25, 0.3) is 0 Å². The molecule has 0 bridgehead atoms. The van der Waals surface area contributed by atoms with Crippen LogP contribution in [0.15, 0.2) is 113 Å². The number of benzene rings is 4. The van der Waals surface area contributed by atoms with E-state index in [1.807, 2.05) is 61.5 Å². The fraction of sp³-hybridized carbons (Fsp3) is 0.265. The van der Waals surface area contributed by atoms with E-state index in [0.29, 0.717) is 11.9 Å². The minimum Gasteiger partial charge on any atom is -0.507 e. The van der Waals surface area contributed by atoms with E-state index >= 15 is 0 Å². The number of rotatable bonds is 9. The van der Waals surface area contributed by atoms with Crippen molar-refractivity contribution in [2.24, 2.45) is 15.5 Å². The monoisotopic (exact) mass is 551 g/mol. The van der Waals surface area contributed by atoms with Gasteiger partial charge in [0.15, 0.2) is 0 Å². The molecule has 4 aromatic carbocycles. The van der Waals surface area contributed by atoms with Crippen molar-refractivity contribution < 1.29 is 9.84 Å². The van der Waals surface area contributed by atoms with Gasteiger partial charge in [-0.15, -0.1) is 0 Å². The van der Waals surface area contributed by atoms with E-state index in [1.165, 1.54) is 0 Å². The molecule has 5 nitrogen and oxygen atoms in total. The summed E-state index contributed by atoms with van der Waals surface area (Å²) in [5, 5.41) is 13.5. The zero-order chi connectivity index (χ0) is 27.8. The first-order valence-electron chi connectivity index (χ1n) is 14.0. The molecule has 2 unspecified atom stereocenters. The number of nitrogens with zero attached hydrogens (tertiary/aromatic N) is 2. The SMILES string of the molecule is Cc1cc(C=NC2CCCCC2N)c(O)c(COCP(=Nc2ccccc2)(c2ccccc2)c2ccccc2)c1. The molecule has 40 heavy (non-hydrogen) atoms. The van der Waals surface area contributed by atoms with Crippen LogP contribution in [0.4, 0.5) is 5.69 Å². The van der Waals surface area contributed by atoms with Crippen LogP contribution >= 0.6 is 7.05 Å². The first kappa shape index (κ1) is 28.0. The van der Waals surface area contributed by atoms with E-state index < -0.39 is 7.05 Å². The highest BCUT2D eigenvalue weighted by atomic mass is 31.2. The minimum atomic E-state index is -2.36. The number of ether oxygens (including phenoxy) is 1. The number of hydrogen-bond acceptors (Lipinski definition) is 5. The van der Waals surface area contributed by atoms with Gasteiger partial charge in [-0.25, -0.2) is 0 Å². The van der Waals surface area contributed by atoms with Crippen molar-refractivity contribution in [3.05, 3.63) is 120 Å². The van der Waals surface area contributed by atoms with Crippen molar-refractivity contribution in [2.75, 3.05) is 6.35 Å². The summed E-state index contributed by atoms with van der Waals surface area (Å²) in [6, 6.07) is 35.1. The van der Waals surface area contributed by atoms with Gasteiger partial charge in [0.1, 0.15) is 5.75 Å². The smallest absolute Gasteiger partial charge is 0.129 e. The molecule has 206 valence electrons. The van der Waals surface area contributed by atoms with Crippen LogP contribution in [0, 0.1) is 6.92 Å². The normalized spacial score (nSPS) is 17.6. The fourth-order valence-corrected chi connectivity index (χ4v) is 8.46. The van der Waals surface area contributed by atoms with Crippen LogP contribution in [-0.4, -0.2) is 29.8 Å². The maximum absolute atomic E-state index is 11.2. The second kappa shape index (κ2) is 13.2. The van der Waals surface area contributed by atoms with E-state index in [4.69, 9.17) is 20.2 Å². The zero-order valence-corrected chi connectivity index (χ0v) is 24.0. The lowest BCUT2D eigenvalue weighted by atomic mass is 9.91. The van der Waals surface area contributed by atoms with Crippen LogP contribution in [0.2, 0.25) is 0 Å². The Kier molecular flexibility index (Phi) is 9.28. The molecule has 5 rings (SSSR count). The molecule has 0 amide bonds. The summed E-state index contributed by atoms with van der Waals surface area (Å²) in [7, 11) is -2.36. The molecular formula is C34H38N3O2P. The first-order chi connectivity index (χ1) is 19.5. The van der Waals surface area contributed by atoms with Gasteiger partial charge in [0, 0.05) is 23.4 Å². The third kappa shape index (κ3) is 6.62. The summed E-state index contributed by atoms with van der Waals surface area (Å²) in [4.78, 5) is 4.76. The molecule has 1 aliphatic rings. The van der Waals surface area contributed by atoms with E-state index in [-0.39, 0.29) is 24.4 Å². The van der Waals surface area contributed by atoms with Gasteiger partial charge in [-0.05, 0) is 54.1 Å². The highest BCUT2D eigenvalue weighted by Gasteiger charge is 2.26. The number of hydrogen-bond donors (Lipinski definition) is 2. The maximum atomic E-state index is 11.2. The molecule has 6 heteroatoms. The molecule has 2 atom stereocenters. The summed E-state index contributed by atoms with van der Waals surface area (Å²) < 4.78 is 11.9. The number of aromatic hydroxyl groups is 1. The number of nitrogens with two attached hydrogens (primary N) is 1. The Balaban J connectivity index is 1.46. The summed E-state index contributed by atoms with van der Waals surface area (Å²) in [6.45, 7) is 2.30. The lowest BCUT2D eigenvalue weighted by Gasteiger charge is -2.26. The second-order valence-corrected chi connectivity index (χ2v) is 13.5. The zero-order valence-electron chi connectivity index (χ0n) is 23.1. The molecule has 0 spiro atoms. The molecule has 0 radical (unpaired) electrons. The Labute approximate surface area is 237 Å². The van der Waals surface area contributed by atoms with Crippen molar-refractivity contribution in [3.63, 3.8) is 0 Å². The molecule has 0 aromatic heterocycles. The maximum Gasteiger partial charge on any atom is 0.129 e. The van der Waals surface area contributed by atoms with Gasteiger partial charge in [0.05, 0.1) is 31.7 Å². The van der Waals surface area contributed by atoms with Crippen LogP contribution in [-0.2, 0) is 11.3 Å². The van der Waals surface area contributed by atoms with Gasteiger partial charge < -0.3 is 15.6 Å². The van der Waals surface area contributed by atoms with Crippen LogP contribution < -0.4 is 16.3 Å². The number of aryl methyl sites for hydroxylation is 1.